The molecule has 1 unspecified atom stereocenters. The number of aryl methyl sites for hydroxylation is 1. The third-order valence-electron chi connectivity index (χ3n) is 2.88. The van der Waals surface area contributed by atoms with Crippen molar-refractivity contribution in [2.24, 2.45) is 10.9 Å². The maximum Gasteiger partial charge on any atom is 0.161 e. The van der Waals surface area contributed by atoms with E-state index in [1.807, 2.05) is 25.1 Å². The van der Waals surface area contributed by atoms with Crippen molar-refractivity contribution in [2.75, 3.05) is 11.1 Å². The molecule has 0 bridgehead atoms. The molecular weight excluding hydrogens is 264 g/mol. The van der Waals surface area contributed by atoms with E-state index in [1.165, 1.54) is 0 Å². The van der Waals surface area contributed by atoms with Crippen LogP contribution >= 0.6 is 23.4 Å². The Kier molecular flexibility index (Phi) is 4.57. The topological polar surface area (TPSA) is 24.4 Å². The molecule has 2 nitrogen and oxygen atoms in total. The number of thioether (sulfide) groups is 1. The Bertz CT molecular complexity index is 457. The van der Waals surface area contributed by atoms with Gasteiger partial charge in [0.25, 0.3) is 0 Å². The minimum Gasteiger partial charge on any atom is -0.335 e. The maximum atomic E-state index is 6.11. The summed E-state index contributed by atoms with van der Waals surface area (Å²) in [5.41, 5.74) is 2.11. The van der Waals surface area contributed by atoms with E-state index in [-0.39, 0.29) is 0 Å². The van der Waals surface area contributed by atoms with Crippen LogP contribution in [0.3, 0.4) is 0 Å². The maximum absolute atomic E-state index is 6.11. The van der Waals surface area contributed by atoms with Gasteiger partial charge in [-0.1, -0.05) is 43.3 Å². The van der Waals surface area contributed by atoms with Gasteiger partial charge in [-0.2, -0.15) is 0 Å². The summed E-state index contributed by atoms with van der Waals surface area (Å²) < 4.78 is 0. The average molecular weight is 283 g/mol. The van der Waals surface area contributed by atoms with Crippen LogP contribution in [-0.2, 0) is 0 Å². The second kappa shape index (κ2) is 5.98. The molecule has 0 amide bonds. The van der Waals surface area contributed by atoms with Crippen LogP contribution in [-0.4, -0.2) is 17.0 Å². The number of rotatable bonds is 3. The van der Waals surface area contributed by atoms with Crippen molar-refractivity contribution < 1.29 is 0 Å². The van der Waals surface area contributed by atoms with Gasteiger partial charge in [-0.15, -0.1) is 0 Å². The fraction of sp³-hybridized carbons (Fsp3) is 0.500. The van der Waals surface area contributed by atoms with Crippen molar-refractivity contribution in [3.8, 4) is 0 Å². The van der Waals surface area contributed by atoms with Gasteiger partial charge in [-0.25, -0.2) is 0 Å². The smallest absolute Gasteiger partial charge is 0.161 e. The lowest BCUT2D eigenvalue weighted by molar-refractivity contribution is 0.529. The Morgan fingerprint density at radius 1 is 1.50 bits per heavy atom. The number of aliphatic imine (C=N–C) groups is 1. The Morgan fingerprint density at radius 2 is 2.28 bits per heavy atom. The second-order valence-electron chi connectivity index (χ2n) is 5.12. The Morgan fingerprint density at radius 3 is 2.94 bits per heavy atom. The molecule has 4 heteroatoms. The van der Waals surface area contributed by atoms with Crippen molar-refractivity contribution in [1.82, 2.24) is 0 Å². The van der Waals surface area contributed by atoms with Crippen LogP contribution in [0.25, 0.3) is 0 Å². The van der Waals surface area contributed by atoms with Crippen LogP contribution in [0.4, 0.5) is 5.69 Å². The third kappa shape index (κ3) is 3.66. The average Bonchev–Trinajstić information content (AvgIpc) is 2.70. The third-order valence-corrected chi connectivity index (χ3v) is 4.32. The molecule has 98 valence electrons. The molecule has 0 spiro atoms. The molecule has 18 heavy (non-hydrogen) atoms. The number of nitrogens with one attached hydrogen (secondary N) is 1. The van der Waals surface area contributed by atoms with E-state index in [9.17, 15) is 0 Å². The first kappa shape index (κ1) is 13.8. The molecule has 0 saturated heterocycles. The highest BCUT2D eigenvalue weighted by atomic mass is 35.5. The molecule has 1 heterocycles. The normalized spacial score (nSPS) is 19.2. The Balaban J connectivity index is 1.99. The summed E-state index contributed by atoms with van der Waals surface area (Å²) in [6.45, 7) is 6.49. The van der Waals surface area contributed by atoms with Crippen molar-refractivity contribution in [2.45, 2.75) is 33.2 Å². The van der Waals surface area contributed by atoms with Crippen molar-refractivity contribution >= 4 is 34.2 Å². The lowest BCUT2D eigenvalue weighted by Crippen LogP contribution is -2.08. The molecule has 0 aliphatic carbocycles. The van der Waals surface area contributed by atoms with Crippen molar-refractivity contribution in [3.05, 3.63) is 28.8 Å². The van der Waals surface area contributed by atoms with Crippen molar-refractivity contribution in [1.29, 1.82) is 0 Å². The number of hydrogen-bond acceptors (Lipinski definition) is 3. The van der Waals surface area contributed by atoms with Gasteiger partial charge in [-0.3, -0.25) is 4.99 Å². The Hall–Kier alpha value is -0.670. The zero-order valence-corrected chi connectivity index (χ0v) is 12.6. The molecule has 2 rings (SSSR count). The summed E-state index contributed by atoms with van der Waals surface area (Å²) in [7, 11) is 0. The van der Waals surface area contributed by atoms with Gasteiger partial charge in [0.05, 0.1) is 6.04 Å². The molecule has 1 aliphatic rings. The van der Waals surface area contributed by atoms with Crippen LogP contribution < -0.4 is 5.32 Å². The van der Waals surface area contributed by atoms with Gasteiger partial charge in [0, 0.05) is 16.5 Å². The fourth-order valence-corrected chi connectivity index (χ4v) is 3.10. The van der Waals surface area contributed by atoms with E-state index in [0.29, 0.717) is 12.0 Å². The van der Waals surface area contributed by atoms with E-state index in [0.717, 1.165) is 33.6 Å². The summed E-state index contributed by atoms with van der Waals surface area (Å²) in [5, 5.41) is 5.15. The minimum atomic E-state index is 0.457. The number of halogens is 1. The molecule has 0 fully saturated rings. The summed E-state index contributed by atoms with van der Waals surface area (Å²) in [5.74, 6) is 1.78. The first-order valence-electron chi connectivity index (χ1n) is 6.28. The summed E-state index contributed by atoms with van der Waals surface area (Å²) in [4.78, 5) is 4.70. The standard InChI is InChI=1S/C14H19ClN2S/c1-9(2)6-12-8-18-14(17-12)16-11-5-4-10(3)13(15)7-11/h4-5,7,9,12H,6,8H2,1-3H3,(H,16,17). The van der Waals surface area contributed by atoms with E-state index in [4.69, 9.17) is 16.6 Å². The predicted molar refractivity (Wildman–Crippen MR) is 82.9 cm³/mol. The molecule has 0 saturated carbocycles. The van der Waals surface area contributed by atoms with Gasteiger partial charge in [-0.05, 0) is 37.0 Å². The molecular formula is C14H19ClN2S. The largest absolute Gasteiger partial charge is 0.335 e. The number of anilines is 1. The van der Waals surface area contributed by atoms with Crippen LogP contribution in [0.1, 0.15) is 25.8 Å². The van der Waals surface area contributed by atoms with Gasteiger partial charge >= 0.3 is 0 Å². The SMILES string of the molecule is Cc1ccc(NC2=NC(CC(C)C)CS2)cc1Cl. The lowest BCUT2D eigenvalue weighted by atomic mass is 10.1. The summed E-state index contributed by atoms with van der Waals surface area (Å²) >= 11 is 7.90. The quantitative estimate of drug-likeness (QED) is 0.878. The van der Waals surface area contributed by atoms with Crippen molar-refractivity contribution in [3.63, 3.8) is 0 Å². The molecule has 0 radical (unpaired) electrons. The Labute approximate surface area is 118 Å². The highest BCUT2D eigenvalue weighted by molar-refractivity contribution is 8.14. The number of nitrogens with zero attached hydrogens (tertiary/aromatic N) is 1. The molecule has 1 aliphatic heterocycles. The zero-order valence-electron chi connectivity index (χ0n) is 11.0. The van der Waals surface area contributed by atoms with Crippen LogP contribution in [0, 0.1) is 12.8 Å². The van der Waals surface area contributed by atoms with Crippen LogP contribution in [0.15, 0.2) is 23.2 Å². The van der Waals surface area contributed by atoms with Gasteiger partial charge < -0.3 is 5.32 Å². The molecule has 1 N–H and O–H groups in total. The number of benzene rings is 1. The fourth-order valence-electron chi connectivity index (χ4n) is 1.94. The van der Waals surface area contributed by atoms with E-state index >= 15 is 0 Å². The highest BCUT2D eigenvalue weighted by Gasteiger charge is 2.19. The summed E-state index contributed by atoms with van der Waals surface area (Å²) in [6.07, 6.45) is 1.16. The molecule has 1 atom stereocenters. The van der Waals surface area contributed by atoms with Gasteiger partial charge in [0.15, 0.2) is 5.17 Å². The predicted octanol–water partition coefficient (Wildman–Crippen LogP) is 4.58. The van der Waals surface area contributed by atoms with Crippen LogP contribution in [0.2, 0.25) is 5.02 Å². The first-order valence-corrected chi connectivity index (χ1v) is 7.64. The van der Waals surface area contributed by atoms with E-state index < -0.39 is 0 Å². The first-order chi connectivity index (χ1) is 8.54. The molecule has 0 aromatic heterocycles. The summed E-state index contributed by atoms with van der Waals surface area (Å²) in [6, 6.07) is 6.48. The monoisotopic (exact) mass is 282 g/mol. The molecule has 1 aromatic rings. The number of hydrogen-bond donors (Lipinski definition) is 1. The number of amidine groups is 1. The lowest BCUT2D eigenvalue weighted by Gasteiger charge is -2.08. The van der Waals surface area contributed by atoms with Crippen LogP contribution in [0.5, 0.6) is 0 Å². The van der Waals surface area contributed by atoms with Gasteiger partial charge in [0.1, 0.15) is 0 Å². The zero-order chi connectivity index (χ0) is 13.1. The minimum absolute atomic E-state index is 0.457. The highest BCUT2D eigenvalue weighted by Crippen LogP contribution is 2.26. The molecule has 1 aromatic carbocycles. The van der Waals surface area contributed by atoms with E-state index in [1.54, 1.807) is 11.8 Å². The second-order valence-corrected chi connectivity index (χ2v) is 6.53. The van der Waals surface area contributed by atoms with Gasteiger partial charge in [0.2, 0.25) is 0 Å². The van der Waals surface area contributed by atoms with E-state index in [2.05, 4.69) is 19.2 Å².